The van der Waals surface area contributed by atoms with Crippen molar-refractivity contribution in [3.05, 3.63) is 69.1 Å². The van der Waals surface area contributed by atoms with Crippen molar-refractivity contribution in [2.24, 2.45) is 0 Å². The first-order valence-corrected chi connectivity index (χ1v) is 12.1. The number of ether oxygens (including phenoxy) is 1. The van der Waals surface area contributed by atoms with Crippen molar-refractivity contribution in [1.29, 1.82) is 0 Å². The van der Waals surface area contributed by atoms with Gasteiger partial charge < -0.3 is 15.4 Å². The molecule has 6 nitrogen and oxygen atoms in total. The lowest BCUT2D eigenvalue weighted by atomic mass is 10.0. The number of thiophene rings is 1. The molecule has 3 aromatic rings. The lowest BCUT2D eigenvalue weighted by molar-refractivity contribution is -0.139. The molecule has 10 heteroatoms. The van der Waals surface area contributed by atoms with Crippen LogP contribution in [0.2, 0.25) is 0 Å². The van der Waals surface area contributed by atoms with Crippen molar-refractivity contribution in [2.75, 3.05) is 12.4 Å². The Bertz CT molecular complexity index is 1110. The summed E-state index contributed by atoms with van der Waals surface area (Å²) in [6.45, 7) is 1.98. The molecule has 160 valence electrons. The SMILES string of the molecule is CCOC(=O)C1=C(CSc2nc(-c3ccc(F)cc3)cs2)NC(=O)N[C@H]1c1cccs1. The van der Waals surface area contributed by atoms with Crippen molar-refractivity contribution in [2.45, 2.75) is 17.3 Å². The van der Waals surface area contributed by atoms with E-state index in [0.717, 1.165) is 20.5 Å². The minimum atomic E-state index is -0.561. The number of thiazole rings is 1. The van der Waals surface area contributed by atoms with E-state index in [1.807, 2.05) is 22.9 Å². The van der Waals surface area contributed by atoms with Crippen LogP contribution in [-0.2, 0) is 9.53 Å². The van der Waals surface area contributed by atoms with E-state index in [2.05, 4.69) is 15.6 Å². The van der Waals surface area contributed by atoms with Gasteiger partial charge in [-0.1, -0.05) is 17.8 Å². The molecule has 0 unspecified atom stereocenters. The van der Waals surface area contributed by atoms with Crippen LogP contribution >= 0.6 is 34.4 Å². The highest BCUT2D eigenvalue weighted by Crippen LogP contribution is 2.34. The number of carbonyl (C=O) groups excluding carboxylic acids is 2. The smallest absolute Gasteiger partial charge is 0.338 e. The first-order chi connectivity index (χ1) is 15.0. The number of rotatable bonds is 7. The molecule has 1 atom stereocenters. The lowest BCUT2D eigenvalue weighted by Crippen LogP contribution is -2.46. The zero-order chi connectivity index (χ0) is 21.8. The lowest BCUT2D eigenvalue weighted by Gasteiger charge is -2.28. The number of benzene rings is 1. The largest absolute Gasteiger partial charge is 0.463 e. The second kappa shape index (κ2) is 9.63. The fraction of sp³-hybridized carbons (Fsp3) is 0.190. The van der Waals surface area contributed by atoms with Crippen LogP contribution in [0.1, 0.15) is 17.8 Å². The van der Waals surface area contributed by atoms with Crippen LogP contribution in [-0.4, -0.2) is 29.3 Å². The Morgan fingerprint density at radius 3 is 2.77 bits per heavy atom. The highest BCUT2D eigenvalue weighted by Gasteiger charge is 2.34. The van der Waals surface area contributed by atoms with Crippen molar-refractivity contribution in [3.63, 3.8) is 0 Å². The molecule has 1 aliphatic rings. The number of amides is 2. The van der Waals surface area contributed by atoms with Gasteiger partial charge in [-0.3, -0.25) is 0 Å². The summed E-state index contributed by atoms with van der Waals surface area (Å²) in [7, 11) is 0. The number of halogens is 1. The van der Waals surface area contributed by atoms with Crippen LogP contribution in [0.3, 0.4) is 0 Å². The highest BCUT2D eigenvalue weighted by atomic mass is 32.2. The molecular formula is C21H18FN3O3S3. The van der Waals surface area contributed by atoms with Gasteiger partial charge in [-0.05, 0) is 42.6 Å². The van der Waals surface area contributed by atoms with Gasteiger partial charge in [0, 0.05) is 27.3 Å². The van der Waals surface area contributed by atoms with E-state index in [0.29, 0.717) is 17.0 Å². The van der Waals surface area contributed by atoms with Gasteiger partial charge >= 0.3 is 12.0 Å². The molecule has 4 rings (SSSR count). The van der Waals surface area contributed by atoms with Crippen LogP contribution in [0.25, 0.3) is 11.3 Å². The topological polar surface area (TPSA) is 80.3 Å². The van der Waals surface area contributed by atoms with Crippen LogP contribution in [0.5, 0.6) is 0 Å². The van der Waals surface area contributed by atoms with Crippen molar-refractivity contribution in [1.82, 2.24) is 15.6 Å². The fourth-order valence-corrected chi connectivity index (χ4v) is 5.65. The Morgan fingerprint density at radius 1 is 1.26 bits per heavy atom. The van der Waals surface area contributed by atoms with Gasteiger partial charge in [-0.15, -0.1) is 22.7 Å². The average Bonchev–Trinajstić information content (AvgIpc) is 3.45. The molecule has 1 aromatic carbocycles. The molecule has 2 amide bonds. The minimum Gasteiger partial charge on any atom is -0.463 e. The maximum atomic E-state index is 13.2. The van der Waals surface area contributed by atoms with Gasteiger partial charge in [0.1, 0.15) is 5.82 Å². The van der Waals surface area contributed by atoms with Crippen LogP contribution in [0.4, 0.5) is 9.18 Å². The molecule has 3 heterocycles. The number of hydrogen-bond donors (Lipinski definition) is 2. The Hall–Kier alpha value is -2.69. The quantitative estimate of drug-likeness (QED) is 0.372. The third-order valence-corrected chi connectivity index (χ3v) is 7.42. The molecule has 0 spiro atoms. The molecule has 0 fully saturated rings. The summed E-state index contributed by atoms with van der Waals surface area (Å²) in [5, 5.41) is 9.37. The van der Waals surface area contributed by atoms with Crippen LogP contribution < -0.4 is 10.6 Å². The maximum absolute atomic E-state index is 13.2. The summed E-state index contributed by atoms with van der Waals surface area (Å²) >= 11 is 4.33. The summed E-state index contributed by atoms with van der Waals surface area (Å²) in [5.41, 5.74) is 2.47. The zero-order valence-electron chi connectivity index (χ0n) is 16.4. The first kappa shape index (κ1) is 21.5. The normalized spacial score (nSPS) is 16.1. The fourth-order valence-electron chi connectivity index (χ4n) is 3.06. The third-order valence-electron chi connectivity index (χ3n) is 4.44. The summed E-state index contributed by atoms with van der Waals surface area (Å²) < 4.78 is 19.2. The standard InChI is InChI=1S/C21H18FN3O3S3/c1-2-28-19(26)17-15(23-20(27)25-18(17)16-4-3-9-29-16)11-31-21-24-14(10-30-21)12-5-7-13(22)8-6-12/h3-10,18H,2,11H2,1H3,(H2,23,25,27)/t18-/m0/s1. The predicted molar refractivity (Wildman–Crippen MR) is 121 cm³/mol. The Morgan fingerprint density at radius 2 is 2.06 bits per heavy atom. The van der Waals surface area contributed by atoms with Crippen LogP contribution in [0, 0.1) is 5.82 Å². The maximum Gasteiger partial charge on any atom is 0.338 e. The summed E-state index contributed by atoms with van der Waals surface area (Å²) in [4.78, 5) is 30.4. The summed E-state index contributed by atoms with van der Waals surface area (Å²) in [6, 6.07) is 8.97. The van der Waals surface area contributed by atoms with E-state index < -0.39 is 12.0 Å². The molecule has 0 saturated carbocycles. The van der Waals surface area contributed by atoms with Gasteiger partial charge in [-0.25, -0.2) is 19.0 Å². The number of carbonyl (C=O) groups is 2. The van der Waals surface area contributed by atoms with Gasteiger partial charge in [-0.2, -0.15) is 0 Å². The van der Waals surface area contributed by atoms with E-state index in [1.165, 1.54) is 46.6 Å². The second-order valence-electron chi connectivity index (χ2n) is 6.45. The molecule has 0 aliphatic carbocycles. The molecule has 0 bridgehead atoms. The van der Waals surface area contributed by atoms with Crippen LogP contribution in [0.15, 0.2) is 62.8 Å². The van der Waals surface area contributed by atoms with E-state index in [9.17, 15) is 14.0 Å². The van der Waals surface area contributed by atoms with E-state index in [4.69, 9.17) is 4.74 Å². The van der Waals surface area contributed by atoms with Crippen molar-refractivity contribution >= 4 is 46.4 Å². The number of thioether (sulfide) groups is 1. The number of hydrogen-bond acceptors (Lipinski definition) is 7. The second-order valence-corrected chi connectivity index (χ2v) is 9.51. The monoisotopic (exact) mass is 475 g/mol. The first-order valence-electron chi connectivity index (χ1n) is 9.40. The Balaban J connectivity index is 1.58. The molecule has 2 N–H and O–H groups in total. The predicted octanol–water partition coefficient (Wildman–Crippen LogP) is 4.97. The highest BCUT2D eigenvalue weighted by molar-refractivity contribution is 8.01. The number of nitrogens with one attached hydrogen (secondary N) is 2. The van der Waals surface area contributed by atoms with E-state index in [1.54, 1.807) is 19.1 Å². The van der Waals surface area contributed by atoms with Gasteiger partial charge in [0.15, 0.2) is 4.34 Å². The van der Waals surface area contributed by atoms with Crippen molar-refractivity contribution in [3.8, 4) is 11.3 Å². The van der Waals surface area contributed by atoms with Gasteiger partial charge in [0.25, 0.3) is 0 Å². The molecular weight excluding hydrogens is 457 g/mol. The summed E-state index contributed by atoms with van der Waals surface area (Å²) in [5.74, 6) is -0.413. The molecule has 2 aromatic heterocycles. The molecule has 0 radical (unpaired) electrons. The van der Waals surface area contributed by atoms with E-state index >= 15 is 0 Å². The molecule has 31 heavy (non-hydrogen) atoms. The Labute approximate surface area is 190 Å². The summed E-state index contributed by atoms with van der Waals surface area (Å²) in [6.07, 6.45) is 0. The van der Waals surface area contributed by atoms with Gasteiger partial charge in [0.05, 0.1) is 23.9 Å². The number of nitrogens with zero attached hydrogens (tertiary/aromatic N) is 1. The zero-order valence-corrected chi connectivity index (χ0v) is 18.8. The van der Waals surface area contributed by atoms with E-state index in [-0.39, 0.29) is 18.5 Å². The van der Waals surface area contributed by atoms with Crippen molar-refractivity contribution < 1.29 is 18.7 Å². The van der Waals surface area contributed by atoms with Gasteiger partial charge in [0.2, 0.25) is 0 Å². The number of aromatic nitrogens is 1. The Kier molecular flexibility index (Phi) is 6.69. The number of esters is 1. The minimum absolute atomic E-state index is 0.237. The molecule has 1 aliphatic heterocycles. The number of urea groups is 1. The molecule has 0 saturated heterocycles. The third kappa shape index (κ3) is 4.97. The average molecular weight is 476 g/mol.